The van der Waals surface area contributed by atoms with E-state index in [1.165, 1.54) is 0 Å². The van der Waals surface area contributed by atoms with Crippen LogP contribution in [0.4, 0.5) is 11.4 Å². The Morgan fingerprint density at radius 2 is 1.88 bits per heavy atom. The van der Waals surface area contributed by atoms with Gasteiger partial charge in [-0.25, -0.2) is 0 Å². The Labute approximate surface area is 163 Å². The Morgan fingerprint density at radius 1 is 1.12 bits per heavy atom. The Kier molecular flexibility index (Phi) is 5.98. The van der Waals surface area contributed by atoms with Crippen LogP contribution in [0.3, 0.4) is 0 Å². The fourth-order valence-electron chi connectivity index (χ4n) is 2.66. The van der Waals surface area contributed by atoms with E-state index in [2.05, 4.69) is 42.1 Å². The molecule has 0 bridgehead atoms. The molecule has 0 aliphatic carbocycles. The van der Waals surface area contributed by atoms with Crippen LogP contribution in [0, 0.1) is 0 Å². The van der Waals surface area contributed by atoms with E-state index < -0.39 is 0 Å². The molecule has 1 N–H and O–H groups in total. The standard InChI is InChI=1S/C18H18Br2N2O3/c1-24-17-5-2-12(10-15(17)20)18(23)21-13-3-4-16(14(19)11-13)22-6-8-25-9-7-22/h2-5,10-11H,6-9H2,1H3,(H,21,23). The molecular weight excluding hydrogens is 452 g/mol. The summed E-state index contributed by atoms with van der Waals surface area (Å²) in [6.07, 6.45) is 0. The van der Waals surface area contributed by atoms with Crippen molar-refractivity contribution in [1.82, 2.24) is 0 Å². The topological polar surface area (TPSA) is 50.8 Å². The number of rotatable bonds is 4. The number of amides is 1. The van der Waals surface area contributed by atoms with Gasteiger partial charge in [0.15, 0.2) is 0 Å². The number of hydrogen-bond donors (Lipinski definition) is 1. The van der Waals surface area contributed by atoms with Gasteiger partial charge >= 0.3 is 0 Å². The van der Waals surface area contributed by atoms with Crippen LogP contribution < -0.4 is 15.0 Å². The molecule has 3 rings (SSSR count). The lowest BCUT2D eigenvalue weighted by Gasteiger charge is -2.29. The van der Waals surface area contributed by atoms with E-state index in [4.69, 9.17) is 9.47 Å². The number of ether oxygens (including phenoxy) is 2. The minimum atomic E-state index is -0.172. The molecule has 0 spiro atoms. The van der Waals surface area contributed by atoms with Gasteiger partial charge in [-0.05, 0) is 68.3 Å². The second-order valence-corrected chi connectivity index (χ2v) is 7.28. The maximum Gasteiger partial charge on any atom is 0.255 e. The molecule has 1 heterocycles. The Morgan fingerprint density at radius 3 is 2.52 bits per heavy atom. The Balaban J connectivity index is 1.73. The molecule has 1 aliphatic heterocycles. The van der Waals surface area contributed by atoms with Crippen LogP contribution in [0.1, 0.15) is 10.4 Å². The molecule has 1 amide bonds. The van der Waals surface area contributed by atoms with E-state index in [9.17, 15) is 4.79 Å². The lowest BCUT2D eigenvalue weighted by atomic mass is 10.2. The van der Waals surface area contributed by atoms with Crippen LogP contribution in [0.15, 0.2) is 45.3 Å². The highest BCUT2D eigenvalue weighted by Crippen LogP contribution is 2.30. The van der Waals surface area contributed by atoms with Gasteiger partial charge in [-0.3, -0.25) is 4.79 Å². The van der Waals surface area contributed by atoms with Gasteiger partial charge in [-0.15, -0.1) is 0 Å². The van der Waals surface area contributed by atoms with Crippen molar-refractivity contribution in [2.24, 2.45) is 0 Å². The van der Waals surface area contributed by atoms with Crippen LogP contribution in [-0.2, 0) is 4.74 Å². The Hall–Kier alpha value is -1.57. The summed E-state index contributed by atoms with van der Waals surface area (Å²) in [7, 11) is 1.59. The number of nitrogens with one attached hydrogen (secondary N) is 1. The first kappa shape index (κ1) is 18.2. The van der Waals surface area contributed by atoms with Crippen LogP contribution >= 0.6 is 31.9 Å². The lowest BCUT2D eigenvalue weighted by molar-refractivity contribution is 0.102. The molecule has 0 unspecified atom stereocenters. The molecule has 0 saturated carbocycles. The first-order chi connectivity index (χ1) is 12.1. The van der Waals surface area contributed by atoms with Crippen molar-refractivity contribution >= 4 is 49.1 Å². The molecule has 25 heavy (non-hydrogen) atoms. The fourth-order valence-corrected chi connectivity index (χ4v) is 3.83. The monoisotopic (exact) mass is 468 g/mol. The summed E-state index contributed by atoms with van der Waals surface area (Å²) in [6, 6.07) is 11.1. The fraction of sp³-hybridized carbons (Fsp3) is 0.278. The zero-order chi connectivity index (χ0) is 17.8. The van der Waals surface area contributed by atoms with Crippen LogP contribution in [0.5, 0.6) is 5.75 Å². The maximum absolute atomic E-state index is 12.4. The third kappa shape index (κ3) is 4.34. The van der Waals surface area contributed by atoms with Crippen molar-refractivity contribution < 1.29 is 14.3 Å². The lowest BCUT2D eigenvalue weighted by Crippen LogP contribution is -2.36. The second kappa shape index (κ2) is 8.21. The van der Waals surface area contributed by atoms with Crippen molar-refractivity contribution in [2.45, 2.75) is 0 Å². The zero-order valence-corrected chi connectivity index (χ0v) is 16.9. The van der Waals surface area contributed by atoms with Gasteiger partial charge in [0.05, 0.1) is 30.5 Å². The highest BCUT2D eigenvalue weighted by molar-refractivity contribution is 9.11. The average Bonchev–Trinajstić information content (AvgIpc) is 2.62. The summed E-state index contributed by atoms with van der Waals surface area (Å²) < 4.78 is 12.3. The molecule has 7 heteroatoms. The predicted molar refractivity (Wildman–Crippen MR) is 106 cm³/mol. The number of methoxy groups -OCH3 is 1. The van der Waals surface area contributed by atoms with Crippen molar-refractivity contribution in [2.75, 3.05) is 43.6 Å². The average molecular weight is 470 g/mol. The number of morpholine rings is 1. The number of benzene rings is 2. The van der Waals surface area contributed by atoms with Gasteiger partial charge in [-0.1, -0.05) is 0 Å². The molecule has 1 saturated heterocycles. The molecular formula is C18H18Br2N2O3. The number of carbonyl (C=O) groups is 1. The summed E-state index contributed by atoms with van der Waals surface area (Å²) in [6.45, 7) is 3.20. The predicted octanol–water partition coefficient (Wildman–Crippen LogP) is 4.31. The van der Waals surface area contributed by atoms with Crippen LogP contribution in [0.25, 0.3) is 0 Å². The van der Waals surface area contributed by atoms with E-state index in [1.807, 2.05) is 18.2 Å². The van der Waals surface area contributed by atoms with Crippen molar-refractivity contribution in [3.63, 3.8) is 0 Å². The summed E-state index contributed by atoms with van der Waals surface area (Å²) in [5.74, 6) is 0.517. The van der Waals surface area contributed by atoms with Gasteiger partial charge in [0.1, 0.15) is 5.75 Å². The highest BCUT2D eigenvalue weighted by Gasteiger charge is 2.15. The smallest absolute Gasteiger partial charge is 0.255 e. The first-order valence-corrected chi connectivity index (χ1v) is 9.44. The molecule has 132 valence electrons. The van der Waals surface area contributed by atoms with Crippen molar-refractivity contribution in [3.05, 3.63) is 50.9 Å². The number of anilines is 2. The molecule has 2 aromatic carbocycles. The summed E-state index contributed by atoms with van der Waals surface area (Å²) in [5.41, 5.74) is 2.40. The van der Waals surface area contributed by atoms with E-state index in [-0.39, 0.29) is 5.91 Å². The van der Waals surface area contributed by atoms with E-state index in [1.54, 1.807) is 25.3 Å². The number of carbonyl (C=O) groups excluding carboxylic acids is 1. The maximum atomic E-state index is 12.4. The second-order valence-electron chi connectivity index (χ2n) is 5.57. The van der Waals surface area contributed by atoms with Gasteiger partial charge in [0, 0.05) is 28.8 Å². The molecule has 0 atom stereocenters. The van der Waals surface area contributed by atoms with Gasteiger partial charge in [0.2, 0.25) is 0 Å². The van der Waals surface area contributed by atoms with E-state index in [0.29, 0.717) is 11.3 Å². The number of nitrogens with zero attached hydrogens (tertiary/aromatic N) is 1. The van der Waals surface area contributed by atoms with E-state index >= 15 is 0 Å². The third-order valence-corrected chi connectivity index (χ3v) is 5.23. The molecule has 5 nitrogen and oxygen atoms in total. The number of hydrogen-bond acceptors (Lipinski definition) is 4. The summed E-state index contributed by atoms with van der Waals surface area (Å²) >= 11 is 7.00. The molecule has 1 fully saturated rings. The zero-order valence-electron chi connectivity index (χ0n) is 13.7. The van der Waals surface area contributed by atoms with Crippen molar-refractivity contribution in [3.8, 4) is 5.75 Å². The van der Waals surface area contributed by atoms with Gasteiger partial charge in [-0.2, -0.15) is 0 Å². The van der Waals surface area contributed by atoms with Crippen molar-refractivity contribution in [1.29, 1.82) is 0 Å². The normalized spacial score (nSPS) is 14.3. The third-order valence-electron chi connectivity index (χ3n) is 3.97. The largest absolute Gasteiger partial charge is 0.496 e. The highest BCUT2D eigenvalue weighted by atomic mass is 79.9. The molecule has 2 aromatic rings. The molecule has 0 radical (unpaired) electrons. The van der Waals surface area contributed by atoms with Gasteiger partial charge < -0.3 is 19.7 Å². The SMILES string of the molecule is COc1ccc(C(=O)Nc2ccc(N3CCOCC3)c(Br)c2)cc1Br. The first-order valence-electron chi connectivity index (χ1n) is 7.85. The van der Waals surface area contributed by atoms with Crippen LogP contribution in [-0.4, -0.2) is 39.3 Å². The minimum absolute atomic E-state index is 0.172. The molecule has 0 aromatic heterocycles. The summed E-state index contributed by atoms with van der Waals surface area (Å²) in [5, 5.41) is 2.92. The minimum Gasteiger partial charge on any atom is -0.496 e. The van der Waals surface area contributed by atoms with Gasteiger partial charge in [0.25, 0.3) is 5.91 Å². The summed E-state index contributed by atoms with van der Waals surface area (Å²) in [4.78, 5) is 14.7. The van der Waals surface area contributed by atoms with E-state index in [0.717, 1.165) is 46.6 Å². The quantitative estimate of drug-likeness (QED) is 0.724. The number of halogens is 2. The van der Waals surface area contributed by atoms with Crippen LogP contribution in [0.2, 0.25) is 0 Å². The Bertz CT molecular complexity index is 777. The molecule has 1 aliphatic rings.